The summed E-state index contributed by atoms with van der Waals surface area (Å²) in [5.41, 5.74) is 2.22. The number of pyridine rings is 1. The molecule has 0 aromatic carbocycles. The fourth-order valence-electron chi connectivity index (χ4n) is 2.24. The Morgan fingerprint density at radius 2 is 2.35 bits per heavy atom. The lowest BCUT2D eigenvalue weighted by Gasteiger charge is -2.17. The van der Waals surface area contributed by atoms with Crippen molar-refractivity contribution in [3.8, 4) is 0 Å². The lowest BCUT2D eigenvalue weighted by Crippen LogP contribution is -2.14. The zero-order chi connectivity index (χ0) is 13.9. The first-order valence-corrected chi connectivity index (χ1v) is 6.58. The molecule has 2 aromatic rings. The van der Waals surface area contributed by atoms with Gasteiger partial charge in [0.15, 0.2) is 0 Å². The van der Waals surface area contributed by atoms with E-state index in [9.17, 15) is 4.79 Å². The molecule has 0 saturated carbocycles. The molecule has 3 rings (SSSR count). The molecule has 20 heavy (non-hydrogen) atoms. The maximum Gasteiger partial charge on any atom is 0.375 e. The molecule has 2 aromatic heterocycles. The van der Waals surface area contributed by atoms with E-state index in [4.69, 9.17) is 5.11 Å². The predicted molar refractivity (Wildman–Crippen MR) is 71.7 cm³/mol. The predicted octanol–water partition coefficient (Wildman–Crippen LogP) is 0.972. The van der Waals surface area contributed by atoms with Gasteiger partial charge < -0.3 is 10.4 Å². The molecule has 0 bridgehead atoms. The molecule has 0 spiro atoms. The summed E-state index contributed by atoms with van der Waals surface area (Å²) in [7, 11) is 0. The quantitative estimate of drug-likeness (QED) is 0.862. The van der Waals surface area contributed by atoms with Crippen molar-refractivity contribution in [1.82, 2.24) is 19.7 Å². The lowest BCUT2D eigenvalue weighted by atomic mass is 10.1. The number of aromatic nitrogens is 4. The van der Waals surface area contributed by atoms with Crippen molar-refractivity contribution in [2.24, 2.45) is 0 Å². The highest BCUT2D eigenvalue weighted by Gasteiger charge is 2.11. The molecule has 104 valence electrons. The summed E-state index contributed by atoms with van der Waals surface area (Å²) in [5, 5.41) is 15.9. The minimum atomic E-state index is -1.11. The second kappa shape index (κ2) is 5.28. The number of nitrogens with zero attached hydrogens (tertiary/aromatic N) is 4. The number of hydrogen-bond donors (Lipinski definition) is 2. The van der Waals surface area contributed by atoms with Crippen molar-refractivity contribution in [3.63, 3.8) is 0 Å². The highest BCUT2D eigenvalue weighted by molar-refractivity contribution is 5.82. The molecule has 0 saturated heterocycles. The summed E-state index contributed by atoms with van der Waals surface area (Å²) in [6.07, 6.45) is 4.34. The Bertz CT molecular complexity index is 637. The average Bonchev–Trinajstić information content (AvgIpc) is 2.94. The van der Waals surface area contributed by atoms with E-state index in [1.807, 2.05) is 6.07 Å². The molecule has 0 atom stereocenters. The van der Waals surface area contributed by atoms with Crippen molar-refractivity contribution in [2.45, 2.75) is 25.8 Å². The highest BCUT2D eigenvalue weighted by atomic mass is 16.4. The summed E-state index contributed by atoms with van der Waals surface area (Å²) in [6, 6.07) is 4.12. The zero-order valence-electron chi connectivity index (χ0n) is 10.9. The van der Waals surface area contributed by atoms with Crippen molar-refractivity contribution >= 4 is 11.8 Å². The number of fused-ring (bicyclic) bond motifs is 1. The van der Waals surface area contributed by atoms with Gasteiger partial charge in [-0.2, -0.15) is 0 Å². The molecule has 1 aliphatic heterocycles. The standard InChI is InChI=1S/C13H15N5O2/c19-13(20)12-15-8-18(17-12)7-5-10-4-3-9-2-1-6-14-11(9)16-10/h3-4,8H,1-2,5-7H2,(H,14,16)(H,19,20). The zero-order valence-corrected chi connectivity index (χ0v) is 10.9. The summed E-state index contributed by atoms with van der Waals surface area (Å²) >= 11 is 0. The first-order chi connectivity index (χ1) is 9.72. The van der Waals surface area contributed by atoms with Gasteiger partial charge in [0.1, 0.15) is 12.1 Å². The molecule has 0 radical (unpaired) electrons. The largest absolute Gasteiger partial charge is 0.475 e. The Kier molecular flexibility index (Phi) is 3.32. The Labute approximate surface area is 115 Å². The van der Waals surface area contributed by atoms with Gasteiger partial charge in [-0.05, 0) is 24.5 Å². The van der Waals surface area contributed by atoms with Crippen molar-refractivity contribution in [1.29, 1.82) is 0 Å². The number of carbonyl (C=O) groups is 1. The minimum absolute atomic E-state index is 0.176. The smallest absolute Gasteiger partial charge is 0.375 e. The van der Waals surface area contributed by atoms with E-state index in [0.29, 0.717) is 13.0 Å². The van der Waals surface area contributed by atoms with Crippen LogP contribution in [0.5, 0.6) is 0 Å². The van der Waals surface area contributed by atoms with Crippen LogP contribution in [0.1, 0.15) is 28.3 Å². The van der Waals surface area contributed by atoms with Gasteiger partial charge in [-0.1, -0.05) is 6.07 Å². The number of nitrogens with one attached hydrogen (secondary N) is 1. The Hall–Kier alpha value is -2.44. The van der Waals surface area contributed by atoms with Crippen LogP contribution in [0.2, 0.25) is 0 Å². The lowest BCUT2D eigenvalue weighted by molar-refractivity contribution is 0.0683. The summed E-state index contributed by atoms with van der Waals surface area (Å²) in [5.74, 6) is -0.316. The van der Waals surface area contributed by atoms with Gasteiger partial charge in [0.2, 0.25) is 0 Å². The summed E-state index contributed by atoms with van der Waals surface area (Å²) < 4.78 is 1.53. The Morgan fingerprint density at radius 3 is 3.15 bits per heavy atom. The number of rotatable bonds is 4. The molecular formula is C13H15N5O2. The number of aromatic carboxylic acids is 1. The SMILES string of the molecule is O=C(O)c1ncn(CCc2ccc3c(n2)NCCC3)n1. The van der Waals surface area contributed by atoms with Crippen LogP contribution in [0, 0.1) is 0 Å². The van der Waals surface area contributed by atoms with Crippen LogP contribution in [0.4, 0.5) is 5.82 Å². The second-order valence-electron chi connectivity index (χ2n) is 4.73. The van der Waals surface area contributed by atoms with Gasteiger partial charge in [-0.25, -0.2) is 14.8 Å². The van der Waals surface area contributed by atoms with E-state index in [2.05, 4.69) is 26.4 Å². The van der Waals surface area contributed by atoms with Crippen molar-refractivity contribution in [3.05, 3.63) is 35.5 Å². The Balaban J connectivity index is 1.67. The maximum atomic E-state index is 10.7. The monoisotopic (exact) mass is 273 g/mol. The molecule has 3 heterocycles. The van der Waals surface area contributed by atoms with Crippen molar-refractivity contribution in [2.75, 3.05) is 11.9 Å². The number of anilines is 1. The third-order valence-corrected chi connectivity index (χ3v) is 3.28. The maximum absolute atomic E-state index is 10.7. The van der Waals surface area contributed by atoms with Gasteiger partial charge in [-0.3, -0.25) is 4.68 Å². The van der Waals surface area contributed by atoms with Gasteiger partial charge in [-0.15, -0.1) is 5.10 Å². The number of carboxylic acid groups (broad SMARTS) is 1. The minimum Gasteiger partial charge on any atom is -0.475 e. The van der Waals surface area contributed by atoms with E-state index in [-0.39, 0.29) is 5.82 Å². The van der Waals surface area contributed by atoms with Crippen LogP contribution in [0.15, 0.2) is 18.5 Å². The molecule has 7 nitrogen and oxygen atoms in total. The normalized spacial score (nSPS) is 13.6. The van der Waals surface area contributed by atoms with Gasteiger partial charge in [0, 0.05) is 25.2 Å². The third kappa shape index (κ3) is 2.61. The average molecular weight is 273 g/mol. The fourth-order valence-corrected chi connectivity index (χ4v) is 2.24. The molecule has 0 amide bonds. The van der Waals surface area contributed by atoms with E-state index >= 15 is 0 Å². The van der Waals surface area contributed by atoms with Crippen LogP contribution < -0.4 is 5.32 Å². The van der Waals surface area contributed by atoms with Gasteiger partial charge in [0.25, 0.3) is 5.82 Å². The van der Waals surface area contributed by atoms with E-state index in [1.165, 1.54) is 16.6 Å². The highest BCUT2D eigenvalue weighted by Crippen LogP contribution is 2.19. The topological polar surface area (TPSA) is 92.9 Å². The molecule has 0 fully saturated rings. The van der Waals surface area contributed by atoms with Crippen LogP contribution in [0.25, 0.3) is 0 Å². The molecule has 1 aliphatic rings. The molecule has 7 heteroatoms. The Morgan fingerprint density at radius 1 is 1.45 bits per heavy atom. The summed E-state index contributed by atoms with van der Waals surface area (Å²) in [6.45, 7) is 1.53. The number of aryl methyl sites for hydroxylation is 3. The molecule has 2 N–H and O–H groups in total. The van der Waals surface area contributed by atoms with E-state index < -0.39 is 5.97 Å². The third-order valence-electron chi connectivity index (χ3n) is 3.28. The number of hydrogen-bond acceptors (Lipinski definition) is 5. The number of carboxylic acids is 1. The van der Waals surface area contributed by atoms with Crippen LogP contribution in [-0.4, -0.2) is 37.4 Å². The second-order valence-corrected chi connectivity index (χ2v) is 4.73. The summed E-state index contributed by atoms with van der Waals surface area (Å²) in [4.78, 5) is 19.0. The van der Waals surface area contributed by atoms with Gasteiger partial charge >= 0.3 is 5.97 Å². The van der Waals surface area contributed by atoms with Crippen LogP contribution in [-0.2, 0) is 19.4 Å². The van der Waals surface area contributed by atoms with E-state index in [1.54, 1.807) is 0 Å². The molecule has 0 unspecified atom stereocenters. The van der Waals surface area contributed by atoms with Crippen LogP contribution in [0.3, 0.4) is 0 Å². The van der Waals surface area contributed by atoms with Crippen LogP contribution >= 0.6 is 0 Å². The van der Waals surface area contributed by atoms with Gasteiger partial charge in [0.05, 0.1) is 0 Å². The van der Waals surface area contributed by atoms with E-state index in [0.717, 1.165) is 30.9 Å². The molecule has 0 aliphatic carbocycles. The first-order valence-electron chi connectivity index (χ1n) is 6.58. The fraction of sp³-hybridized carbons (Fsp3) is 0.385. The first kappa shape index (κ1) is 12.6. The molecular weight excluding hydrogens is 258 g/mol. The van der Waals surface area contributed by atoms with Crippen molar-refractivity contribution < 1.29 is 9.90 Å².